The first-order valence-electron chi connectivity index (χ1n) is 11.6. The summed E-state index contributed by atoms with van der Waals surface area (Å²) in [5.74, 6) is 1.21. The molecule has 1 saturated heterocycles. The van der Waals surface area contributed by atoms with Crippen molar-refractivity contribution >= 4 is 33.3 Å². The number of likely N-dealkylation sites (tertiary alicyclic amines) is 1. The van der Waals surface area contributed by atoms with Crippen molar-refractivity contribution in [1.82, 2.24) is 19.0 Å². The van der Waals surface area contributed by atoms with Gasteiger partial charge in [0.25, 0.3) is 5.91 Å². The lowest BCUT2D eigenvalue weighted by Gasteiger charge is -2.30. The topological polar surface area (TPSA) is 110 Å². The first-order chi connectivity index (χ1) is 16.1. The minimum absolute atomic E-state index is 0.0308. The van der Waals surface area contributed by atoms with Gasteiger partial charge in [-0.25, -0.2) is 13.7 Å². The Kier molecular flexibility index (Phi) is 6.86. The van der Waals surface area contributed by atoms with Crippen LogP contribution in [-0.2, 0) is 23.1 Å². The van der Waals surface area contributed by atoms with E-state index in [1.807, 2.05) is 24.8 Å². The number of anilines is 1. The van der Waals surface area contributed by atoms with Crippen LogP contribution in [0.1, 0.15) is 66.0 Å². The van der Waals surface area contributed by atoms with E-state index in [2.05, 4.69) is 21.8 Å². The van der Waals surface area contributed by atoms with E-state index >= 15 is 0 Å². The molecule has 0 aliphatic carbocycles. The van der Waals surface area contributed by atoms with Crippen molar-refractivity contribution < 1.29 is 17.7 Å². The molecule has 0 spiro atoms. The average Bonchev–Trinajstić information content (AvgIpc) is 3.49. The van der Waals surface area contributed by atoms with E-state index in [1.165, 1.54) is 21.4 Å². The summed E-state index contributed by atoms with van der Waals surface area (Å²) in [6, 6.07) is 3.39. The Morgan fingerprint density at radius 2 is 1.91 bits per heavy atom. The van der Waals surface area contributed by atoms with E-state index in [4.69, 9.17) is 4.52 Å². The number of thiazole rings is 1. The zero-order chi connectivity index (χ0) is 24.6. The molecule has 1 aliphatic rings. The highest BCUT2D eigenvalue weighted by Crippen LogP contribution is 2.34. The summed E-state index contributed by atoms with van der Waals surface area (Å²) >= 11 is 1.25. The van der Waals surface area contributed by atoms with Gasteiger partial charge in [-0.15, -0.1) is 11.3 Å². The van der Waals surface area contributed by atoms with Crippen LogP contribution < -0.4 is 4.72 Å². The normalized spacial score (nSPS) is 15.1. The largest absolute Gasteiger partial charge is 0.360 e. The second kappa shape index (κ2) is 9.53. The molecule has 1 N–H and O–H groups in total. The fourth-order valence-electron chi connectivity index (χ4n) is 4.33. The fraction of sp³-hybridized carbons (Fsp3) is 0.522. The van der Waals surface area contributed by atoms with Gasteiger partial charge in [0, 0.05) is 24.8 Å². The Labute approximate surface area is 204 Å². The Morgan fingerprint density at radius 3 is 2.50 bits per heavy atom. The summed E-state index contributed by atoms with van der Waals surface area (Å²) in [6.45, 7) is 11.1. The van der Waals surface area contributed by atoms with E-state index < -0.39 is 10.2 Å². The van der Waals surface area contributed by atoms with Crippen molar-refractivity contribution in [2.45, 2.75) is 60.3 Å². The number of aromatic nitrogens is 3. The van der Waals surface area contributed by atoms with Gasteiger partial charge < -0.3 is 9.42 Å². The van der Waals surface area contributed by atoms with Crippen LogP contribution in [-0.4, -0.2) is 46.4 Å². The summed E-state index contributed by atoms with van der Waals surface area (Å²) in [6.07, 6.45) is 3.17. The molecule has 0 bridgehead atoms. The summed E-state index contributed by atoms with van der Waals surface area (Å²) in [5.41, 5.74) is 2.66. The molecule has 0 saturated carbocycles. The van der Waals surface area contributed by atoms with Crippen molar-refractivity contribution in [2.24, 2.45) is 5.92 Å². The number of amides is 1. The summed E-state index contributed by atoms with van der Waals surface area (Å²) < 4.78 is 35.8. The first kappa shape index (κ1) is 24.5. The van der Waals surface area contributed by atoms with Crippen molar-refractivity contribution in [3.8, 4) is 10.7 Å². The number of aryl methyl sites for hydroxylation is 3. The van der Waals surface area contributed by atoms with Crippen LogP contribution in [0.3, 0.4) is 0 Å². The zero-order valence-corrected chi connectivity index (χ0v) is 21.8. The lowest BCUT2D eigenvalue weighted by atomic mass is 9.99. The molecule has 3 aromatic heterocycles. The zero-order valence-electron chi connectivity index (χ0n) is 20.2. The molecule has 0 unspecified atom stereocenters. The monoisotopic (exact) mass is 505 g/mol. The van der Waals surface area contributed by atoms with Crippen LogP contribution in [0.25, 0.3) is 10.7 Å². The van der Waals surface area contributed by atoms with Crippen LogP contribution in [0.15, 0.2) is 16.7 Å². The maximum atomic E-state index is 13.5. The second-order valence-corrected chi connectivity index (χ2v) is 11.3. The number of rotatable bonds is 7. The van der Waals surface area contributed by atoms with Crippen molar-refractivity contribution in [1.29, 1.82) is 0 Å². The van der Waals surface area contributed by atoms with Gasteiger partial charge in [-0.3, -0.25) is 4.79 Å². The molecule has 1 amide bonds. The van der Waals surface area contributed by atoms with Gasteiger partial charge in [-0.1, -0.05) is 25.9 Å². The molecule has 0 aromatic carbocycles. The van der Waals surface area contributed by atoms with Gasteiger partial charge in [0.15, 0.2) is 5.82 Å². The lowest BCUT2D eigenvalue weighted by Crippen LogP contribution is -2.37. The summed E-state index contributed by atoms with van der Waals surface area (Å²) in [4.78, 5) is 20.3. The lowest BCUT2D eigenvalue weighted by molar-refractivity contribution is 0.0701. The van der Waals surface area contributed by atoms with Gasteiger partial charge in [-0.2, -0.15) is 8.42 Å². The molecule has 11 heteroatoms. The number of nitrogens with one attached hydrogen (secondary N) is 1. The minimum atomic E-state index is -4.05. The fourth-order valence-corrected chi connectivity index (χ4v) is 6.82. The third-order valence-corrected chi connectivity index (χ3v) is 8.78. The van der Waals surface area contributed by atoms with Crippen molar-refractivity contribution in [2.75, 3.05) is 17.8 Å². The van der Waals surface area contributed by atoms with Crippen molar-refractivity contribution in [3.05, 3.63) is 39.7 Å². The number of piperidine rings is 1. The molecule has 0 radical (unpaired) electrons. The minimum Gasteiger partial charge on any atom is -0.360 e. The predicted octanol–water partition coefficient (Wildman–Crippen LogP) is 4.42. The Bertz CT molecular complexity index is 1300. The molecule has 4 rings (SSSR count). The second-order valence-electron chi connectivity index (χ2n) is 8.81. The number of hydrogen-bond donors (Lipinski definition) is 1. The molecule has 1 fully saturated rings. The standard InChI is InChI=1S/C23H31N5O4S2/c1-6-17-13-19(28(18(17)7-2)34(30,31)26-20-12-15(4)32-25-20)22-24-16(5)21(33-22)23(29)27-10-8-14(3)9-11-27/h12-14H,6-11H2,1-5H3,(H,25,26). The Balaban J connectivity index is 1.76. The van der Waals surface area contributed by atoms with E-state index in [-0.39, 0.29) is 11.7 Å². The van der Waals surface area contributed by atoms with Gasteiger partial charge in [0.05, 0.1) is 11.4 Å². The van der Waals surface area contributed by atoms with Crippen LogP contribution >= 0.6 is 11.3 Å². The van der Waals surface area contributed by atoms with Crippen LogP contribution in [0.5, 0.6) is 0 Å². The number of carbonyl (C=O) groups is 1. The molecule has 1 aliphatic heterocycles. The van der Waals surface area contributed by atoms with Gasteiger partial charge in [0.1, 0.15) is 15.6 Å². The molecule has 34 heavy (non-hydrogen) atoms. The first-order valence-corrected chi connectivity index (χ1v) is 13.9. The molecule has 3 aromatic rings. The van der Waals surface area contributed by atoms with E-state index in [0.29, 0.717) is 51.5 Å². The van der Waals surface area contributed by atoms with E-state index in [9.17, 15) is 13.2 Å². The molecule has 9 nitrogen and oxygen atoms in total. The molecular formula is C23H31N5O4S2. The average molecular weight is 506 g/mol. The summed E-state index contributed by atoms with van der Waals surface area (Å²) in [7, 11) is -4.05. The Hall–Kier alpha value is -2.66. The smallest absolute Gasteiger partial charge is 0.329 e. The molecule has 0 atom stereocenters. The number of nitrogens with zero attached hydrogens (tertiary/aromatic N) is 4. The highest BCUT2D eigenvalue weighted by molar-refractivity contribution is 7.91. The highest BCUT2D eigenvalue weighted by Gasteiger charge is 2.29. The Morgan fingerprint density at radius 1 is 1.21 bits per heavy atom. The quantitative estimate of drug-likeness (QED) is 0.509. The SMILES string of the molecule is CCc1cc(-c2nc(C)c(C(=O)N3CCC(C)CC3)s2)n(S(=O)(=O)Nc2cc(C)on2)c1CC. The van der Waals surface area contributed by atoms with Crippen LogP contribution in [0, 0.1) is 19.8 Å². The van der Waals surface area contributed by atoms with E-state index in [1.54, 1.807) is 13.8 Å². The number of carbonyl (C=O) groups excluding carboxylic acids is 1. The molecule has 184 valence electrons. The predicted molar refractivity (Wildman–Crippen MR) is 133 cm³/mol. The maximum Gasteiger partial charge on any atom is 0.329 e. The third-order valence-electron chi connectivity index (χ3n) is 6.24. The van der Waals surface area contributed by atoms with Gasteiger partial charge >= 0.3 is 10.2 Å². The highest BCUT2D eigenvalue weighted by atomic mass is 32.2. The molecular weight excluding hydrogens is 474 g/mol. The van der Waals surface area contributed by atoms with E-state index in [0.717, 1.165) is 31.5 Å². The summed E-state index contributed by atoms with van der Waals surface area (Å²) in [5, 5.41) is 4.27. The third kappa shape index (κ3) is 4.63. The van der Waals surface area contributed by atoms with Crippen LogP contribution in [0.2, 0.25) is 0 Å². The van der Waals surface area contributed by atoms with Crippen molar-refractivity contribution in [3.63, 3.8) is 0 Å². The van der Waals surface area contributed by atoms with Crippen LogP contribution in [0.4, 0.5) is 5.82 Å². The van der Waals surface area contributed by atoms with Gasteiger partial charge in [0.2, 0.25) is 0 Å². The maximum absolute atomic E-state index is 13.5. The van der Waals surface area contributed by atoms with Gasteiger partial charge in [-0.05, 0) is 57.1 Å². The number of hydrogen-bond acceptors (Lipinski definition) is 7. The molecule has 4 heterocycles.